The van der Waals surface area contributed by atoms with Gasteiger partial charge in [0.15, 0.2) is 5.65 Å². The van der Waals surface area contributed by atoms with Crippen LogP contribution in [0, 0.1) is 0 Å². The Balaban J connectivity index is 1.30. The summed E-state index contributed by atoms with van der Waals surface area (Å²) >= 11 is 0. The molecule has 1 atom stereocenters. The third-order valence-electron chi connectivity index (χ3n) is 6.02. The van der Waals surface area contributed by atoms with E-state index in [0.29, 0.717) is 5.92 Å². The van der Waals surface area contributed by atoms with Crippen molar-refractivity contribution in [2.45, 2.75) is 50.6 Å². The summed E-state index contributed by atoms with van der Waals surface area (Å²) in [6.45, 7) is 0.810. The fraction of sp³-hybridized carbons (Fsp3) is 0.364. The first-order valence-corrected chi connectivity index (χ1v) is 10.4. The highest BCUT2D eigenvalue weighted by Crippen LogP contribution is 2.39. The predicted molar refractivity (Wildman–Crippen MR) is 110 cm³/mol. The molecule has 146 valence electrons. The van der Waals surface area contributed by atoms with Crippen molar-refractivity contribution in [1.82, 2.24) is 29.4 Å². The van der Waals surface area contributed by atoms with Gasteiger partial charge in [-0.1, -0.05) is 30.3 Å². The van der Waals surface area contributed by atoms with Crippen LogP contribution in [-0.2, 0) is 13.0 Å². The van der Waals surface area contributed by atoms with Gasteiger partial charge in [0.2, 0.25) is 5.95 Å². The van der Waals surface area contributed by atoms with Gasteiger partial charge in [-0.15, -0.1) is 0 Å². The Kier molecular flexibility index (Phi) is 3.85. The molecule has 1 aromatic carbocycles. The average molecular weight is 385 g/mol. The number of hydrogen-bond acceptors (Lipinski definition) is 5. The average Bonchev–Trinajstić information content (AvgIpc) is 3.38. The summed E-state index contributed by atoms with van der Waals surface area (Å²) in [5, 5.41) is 13.1. The molecule has 0 spiro atoms. The molecule has 2 aliphatic carbocycles. The maximum Gasteiger partial charge on any atom is 0.227 e. The van der Waals surface area contributed by atoms with Crippen LogP contribution >= 0.6 is 0 Å². The molecule has 7 nitrogen and oxygen atoms in total. The molecule has 0 radical (unpaired) electrons. The number of hydrogen-bond donors (Lipinski definition) is 1. The number of rotatable bonds is 5. The lowest BCUT2D eigenvalue weighted by Gasteiger charge is -2.24. The number of anilines is 1. The van der Waals surface area contributed by atoms with Gasteiger partial charge >= 0.3 is 0 Å². The summed E-state index contributed by atoms with van der Waals surface area (Å²) < 4.78 is 4.00. The maximum absolute atomic E-state index is 4.77. The second-order valence-electron chi connectivity index (χ2n) is 8.09. The van der Waals surface area contributed by atoms with Gasteiger partial charge in [-0.05, 0) is 37.7 Å². The van der Waals surface area contributed by atoms with Crippen LogP contribution in [-0.4, -0.2) is 29.4 Å². The number of nitrogens with one attached hydrogen (secondary N) is 1. The zero-order valence-corrected chi connectivity index (χ0v) is 16.2. The summed E-state index contributed by atoms with van der Waals surface area (Å²) in [5.41, 5.74) is 5.86. The Labute approximate surface area is 168 Å². The van der Waals surface area contributed by atoms with E-state index in [2.05, 4.69) is 50.3 Å². The van der Waals surface area contributed by atoms with E-state index < -0.39 is 0 Å². The fourth-order valence-corrected chi connectivity index (χ4v) is 4.33. The van der Waals surface area contributed by atoms with Gasteiger partial charge in [-0.25, -0.2) is 9.97 Å². The SMILES string of the molecule is c1ccc(Cn2ncc3c2CCCC3Nc2ncnc3cc(C4CC4)nn23)cc1. The number of aromatic nitrogens is 6. The highest BCUT2D eigenvalue weighted by atomic mass is 15.4. The Morgan fingerprint density at radius 3 is 2.83 bits per heavy atom. The van der Waals surface area contributed by atoms with Crippen molar-refractivity contribution in [3.63, 3.8) is 0 Å². The number of fused-ring (bicyclic) bond motifs is 2. The van der Waals surface area contributed by atoms with E-state index in [4.69, 9.17) is 10.2 Å². The molecule has 1 saturated carbocycles. The minimum Gasteiger partial charge on any atom is -0.347 e. The van der Waals surface area contributed by atoms with Crippen LogP contribution in [0.5, 0.6) is 0 Å². The smallest absolute Gasteiger partial charge is 0.227 e. The van der Waals surface area contributed by atoms with E-state index in [-0.39, 0.29) is 6.04 Å². The third kappa shape index (κ3) is 3.06. The lowest BCUT2D eigenvalue weighted by Crippen LogP contribution is -2.20. The monoisotopic (exact) mass is 385 g/mol. The molecule has 0 saturated heterocycles. The molecule has 2 aliphatic rings. The van der Waals surface area contributed by atoms with E-state index in [1.54, 1.807) is 6.33 Å². The van der Waals surface area contributed by atoms with Crippen molar-refractivity contribution in [1.29, 1.82) is 0 Å². The quantitative estimate of drug-likeness (QED) is 0.567. The van der Waals surface area contributed by atoms with Crippen LogP contribution in [0.25, 0.3) is 5.65 Å². The fourth-order valence-electron chi connectivity index (χ4n) is 4.33. The van der Waals surface area contributed by atoms with Gasteiger partial charge < -0.3 is 5.32 Å². The second-order valence-corrected chi connectivity index (χ2v) is 8.09. The molecule has 7 heteroatoms. The lowest BCUT2D eigenvalue weighted by molar-refractivity contribution is 0.553. The van der Waals surface area contributed by atoms with Crippen molar-refractivity contribution < 1.29 is 0 Å². The zero-order chi connectivity index (χ0) is 19.2. The first kappa shape index (κ1) is 16.7. The molecule has 3 aromatic heterocycles. The second kappa shape index (κ2) is 6.69. The van der Waals surface area contributed by atoms with Gasteiger partial charge in [-0.2, -0.15) is 14.7 Å². The molecular formula is C22H23N7. The summed E-state index contributed by atoms with van der Waals surface area (Å²) in [6.07, 6.45) is 9.36. The molecule has 0 bridgehead atoms. The molecule has 4 aromatic rings. The number of benzene rings is 1. The molecule has 1 N–H and O–H groups in total. The van der Waals surface area contributed by atoms with E-state index in [1.165, 1.54) is 29.7 Å². The largest absolute Gasteiger partial charge is 0.347 e. The maximum atomic E-state index is 4.77. The highest BCUT2D eigenvalue weighted by molar-refractivity contribution is 5.47. The highest BCUT2D eigenvalue weighted by Gasteiger charge is 2.28. The van der Waals surface area contributed by atoms with Gasteiger partial charge in [-0.3, -0.25) is 4.68 Å². The Bertz CT molecular complexity index is 1160. The minimum atomic E-state index is 0.190. The molecule has 3 heterocycles. The minimum absolute atomic E-state index is 0.190. The molecule has 6 rings (SSSR count). The van der Waals surface area contributed by atoms with Crippen LogP contribution in [0.15, 0.2) is 48.9 Å². The van der Waals surface area contributed by atoms with Crippen molar-refractivity contribution in [2.75, 3.05) is 5.32 Å². The molecular weight excluding hydrogens is 362 g/mol. The first-order valence-electron chi connectivity index (χ1n) is 10.4. The van der Waals surface area contributed by atoms with E-state index in [9.17, 15) is 0 Å². The van der Waals surface area contributed by atoms with Crippen molar-refractivity contribution in [2.24, 2.45) is 0 Å². The predicted octanol–water partition coefficient (Wildman–Crippen LogP) is 3.74. The van der Waals surface area contributed by atoms with Crippen molar-refractivity contribution >= 4 is 11.6 Å². The summed E-state index contributed by atoms with van der Waals surface area (Å²) in [5.74, 6) is 1.36. The zero-order valence-electron chi connectivity index (χ0n) is 16.2. The first-order chi connectivity index (χ1) is 14.3. The van der Waals surface area contributed by atoms with Gasteiger partial charge in [0.25, 0.3) is 0 Å². The molecule has 1 unspecified atom stereocenters. The molecule has 29 heavy (non-hydrogen) atoms. The van der Waals surface area contributed by atoms with Crippen LogP contribution in [0.2, 0.25) is 0 Å². The molecule has 0 amide bonds. The third-order valence-corrected chi connectivity index (χ3v) is 6.02. The van der Waals surface area contributed by atoms with Crippen LogP contribution in [0.3, 0.4) is 0 Å². The van der Waals surface area contributed by atoms with Gasteiger partial charge in [0.1, 0.15) is 6.33 Å². The van der Waals surface area contributed by atoms with E-state index >= 15 is 0 Å². The van der Waals surface area contributed by atoms with Gasteiger partial charge in [0.05, 0.1) is 24.5 Å². The van der Waals surface area contributed by atoms with Gasteiger partial charge in [0, 0.05) is 23.2 Å². The van der Waals surface area contributed by atoms with Crippen molar-refractivity contribution in [3.05, 3.63) is 71.4 Å². The van der Waals surface area contributed by atoms with Crippen LogP contribution in [0.1, 0.15) is 60.2 Å². The van der Waals surface area contributed by atoms with E-state index in [0.717, 1.165) is 43.1 Å². The van der Waals surface area contributed by atoms with E-state index in [1.807, 2.05) is 16.8 Å². The standard InChI is InChI=1S/C22H23N7/c1-2-5-15(6-3-1)13-28-20-8-4-7-18(17(20)12-25-28)26-22-24-14-23-21-11-19(16-9-10-16)27-29(21)22/h1-3,5-6,11-12,14,16,18H,4,7-10,13H2,(H,23,24,26). The Morgan fingerprint density at radius 1 is 1.07 bits per heavy atom. The Hall–Kier alpha value is -3.22. The lowest BCUT2D eigenvalue weighted by atomic mass is 9.93. The van der Waals surface area contributed by atoms with Crippen molar-refractivity contribution in [3.8, 4) is 0 Å². The van der Waals surface area contributed by atoms with Crippen LogP contribution in [0.4, 0.5) is 5.95 Å². The topological polar surface area (TPSA) is 72.9 Å². The normalized spacial score (nSPS) is 18.7. The summed E-state index contributed by atoms with van der Waals surface area (Å²) in [6, 6.07) is 12.8. The summed E-state index contributed by atoms with van der Waals surface area (Å²) in [7, 11) is 0. The van der Waals surface area contributed by atoms with Crippen LogP contribution < -0.4 is 5.32 Å². The number of nitrogens with zero attached hydrogens (tertiary/aromatic N) is 6. The molecule has 1 fully saturated rings. The summed E-state index contributed by atoms with van der Waals surface area (Å²) in [4.78, 5) is 8.89. The molecule has 0 aliphatic heterocycles. The Morgan fingerprint density at radius 2 is 1.97 bits per heavy atom.